The summed E-state index contributed by atoms with van der Waals surface area (Å²) < 4.78 is 2.14. The van der Waals surface area contributed by atoms with Crippen LogP contribution in [-0.4, -0.2) is 33.6 Å². The molecule has 2 amide bonds. The van der Waals surface area contributed by atoms with E-state index in [1.54, 1.807) is 6.20 Å². The van der Waals surface area contributed by atoms with Crippen LogP contribution < -0.4 is 5.32 Å². The van der Waals surface area contributed by atoms with E-state index in [0.717, 1.165) is 37.2 Å². The average molecular weight is 346 g/mol. The van der Waals surface area contributed by atoms with Crippen LogP contribution in [0.1, 0.15) is 18.9 Å². The number of anilines is 1. The zero-order chi connectivity index (χ0) is 17.8. The number of carbonyl (C=O) groups excluding carboxylic acids is 1. The lowest BCUT2D eigenvalue weighted by atomic mass is 10.1. The molecule has 2 aromatic carbocycles. The lowest BCUT2D eigenvalue weighted by Crippen LogP contribution is -2.41. The molecule has 1 aromatic heterocycles. The van der Waals surface area contributed by atoms with E-state index < -0.39 is 0 Å². The van der Waals surface area contributed by atoms with Gasteiger partial charge in [-0.1, -0.05) is 42.5 Å². The number of hydrogen-bond acceptors (Lipinski definition) is 2. The van der Waals surface area contributed by atoms with Crippen LogP contribution in [0.4, 0.5) is 10.5 Å². The number of benzene rings is 2. The number of nitrogens with zero attached hydrogens (tertiary/aromatic N) is 3. The minimum Gasteiger partial charge on any atom is -0.334 e. The second-order valence-electron chi connectivity index (χ2n) is 6.60. The van der Waals surface area contributed by atoms with Gasteiger partial charge in [0.25, 0.3) is 0 Å². The molecule has 0 saturated carbocycles. The third-order valence-corrected chi connectivity index (χ3v) is 4.94. The van der Waals surface area contributed by atoms with E-state index in [9.17, 15) is 4.79 Å². The van der Waals surface area contributed by atoms with Crippen LogP contribution in [0.2, 0.25) is 0 Å². The first-order valence-corrected chi connectivity index (χ1v) is 8.98. The molecule has 5 nitrogen and oxygen atoms in total. The lowest BCUT2D eigenvalue weighted by Gasteiger charge is -2.32. The number of urea groups is 1. The molecule has 1 aliphatic rings. The molecule has 1 N–H and O–H groups in total. The molecule has 0 aliphatic carbocycles. The molecule has 0 bridgehead atoms. The Labute approximate surface area is 153 Å². The highest BCUT2D eigenvalue weighted by Crippen LogP contribution is 2.24. The highest BCUT2D eigenvalue weighted by molar-refractivity contribution is 5.89. The van der Waals surface area contributed by atoms with Gasteiger partial charge in [0.15, 0.2) is 0 Å². The van der Waals surface area contributed by atoms with Gasteiger partial charge in [0, 0.05) is 37.2 Å². The Morgan fingerprint density at radius 3 is 2.31 bits per heavy atom. The highest BCUT2D eigenvalue weighted by Gasteiger charge is 2.23. The van der Waals surface area contributed by atoms with Gasteiger partial charge in [-0.25, -0.2) is 9.78 Å². The number of carbonyl (C=O) groups is 1. The molecule has 0 radical (unpaired) electrons. The van der Waals surface area contributed by atoms with Crippen molar-refractivity contribution in [3.8, 4) is 11.1 Å². The van der Waals surface area contributed by atoms with E-state index >= 15 is 0 Å². The SMILES string of the molecule is O=C(Nc1ccc(-c2ccccc2)cc1)N1CCC(n2ccnc2)CC1. The van der Waals surface area contributed by atoms with Gasteiger partial charge in [-0.05, 0) is 36.1 Å². The molecule has 0 unspecified atom stereocenters. The number of amides is 2. The standard InChI is InChI=1S/C21H22N4O/c26-21(24-13-10-20(11-14-24)25-15-12-22-16-25)23-19-8-6-18(7-9-19)17-4-2-1-3-5-17/h1-9,12,15-16,20H,10-11,13-14H2,(H,23,26). The zero-order valence-electron chi connectivity index (χ0n) is 14.6. The normalized spacial score (nSPS) is 15.0. The van der Waals surface area contributed by atoms with Crippen LogP contribution in [0, 0.1) is 0 Å². The molecule has 26 heavy (non-hydrogen) atoms. The van der Waals surface area contributed by atoms with E-state index in [0.29, 0.717) is 6.04 Å². The van der Waals surface area contributed by atoms with Crippen LogP contribution in [0.5, 0.6) is 0 Å². The van der Waals surface area contributed by atoms with Crippen molar-refractivity contribution >= 4 is 11.7 Å². The summed E-state index contributed by atoms with van der Waals surface area (Å²) in [6.07, 6.45) is 7.56. The summed E-state index contributed by atoms with van der Waals surface area (Å²) in [5, 5.41) is 3.01. The predicted molar refractivity (Wildman–Crippen MR) is 103 cm³/mol. The van der Waals surface area contributed by atoms with Crippen molar-refractivity contribution in [2.45, 2.75) is 18.9 Å². The maximum absolute atomic E-state index is 12.5. The van der Waals surface area contributed by atoms with Crippen molar-refractivity contribution in [2.75, 3.05) is 18.4 Å². The van der Waals surface area contributed by atoms with E-state index in [4.69, 9.17) is 0 Å². The van der Waals surface area contributed by atoms with E-state index in [1.165, 1.54) is 5.56 Å². The molecule has 0 spiro atoms. The third-order valence-electron chi connectivity index (χ3n) is 4.94. The number of imidazole rings is 1. The highest BCUT2D eigenvalue weighted by atomic mass is 16.2. The summed E-state index contributed by atoms with van der Waals surface area (Å²) in [7, 11) is 0. The summed E-state index contributed by atoms with van der Waals surface area (Å²) in [5.41, 5.74) is 3.14. The van der Waals surface area contributed by atoms with Gasteiger partial charge >= 0.3 is 6.03 Å². The molecule has 0 atom stereocenters. The zero-order valence-corrected chi connectivity index (χ0v) is 14.6. The number of rotatable bonds is 3. The molecule has 1 saturated heterocycles. The number of aromatic nitrogens is 2. The first-order chi connectivity index (χ1) is 12.8. The molecule has 1 fully saturated rings. The van der Waals surface area contributed by atoms with Gasteiger partial charge in [0.05, 0.1) is 6.33 Å². The third kappa shape index (κ3) is 3.61. The first-order valence-electron chi connectivity index (χ1n) is 8.98. The summed E-state index contributed by atoms with van der Waals surface area (Å²) in [6.45, 7) is 1.52. The van der Waals surface area contributed by atoms with Crippen LogP contribution in [0.15, 0.2) is 73.3 Å². The number of nitrogens with one attached hydrogen (secondary N) is 1. The predicted octanol–water partition coefficient (Wildman–Crippen LogP) is 4.42. The van der Waals surface area contributed by atoms with Gasteiger partial charge in [-0.3, -0.25) is 0 Å². The molecular weight excluding hydrogens is 324 g/mol. The van der Waals surface area contributed by atoms with E-state index in [2.05, 4.69) is 27.0 Å². The van der Waals surface area contributed by atoms with Gasteiger partial charge < -0.3 is 14.8 Å². The first kappa shape index (κ1) is 16.4. The molecule has 5 heteroatoms. The molecular formula is C21H22N4O. The van der Waals surface area contributed by atoms with Gasteiger partial charge in [0.2, 0.25) is 0 Å². The Hall–Kier alpha value is -3.08. The second kappa shape index (κ2) is 7.44. The number of piperidine rings is 1. The quantitative estimate of drug-likeness (QED) is 0.763. The number of likely N-dealkylation sites (tertiary alicyclic amines) is 1. The Balaban J connectivity index is 1.34. The summed E-state index contributed by atoms with van der Waals surface area (Å²) >= 11 is 0. The summed E-state index contributed by atoms with van der Waals surface area (Å²) in [5.74, 6) is 0. The Kier molecular flexibility index (Phi) is 4.69. The summed E-state index contributed by atoms with van der Waals surface area (Å²) in [4.78, 5) is 18.5. The second-order valence-corrected chi connectivity index (χ2v) is 6.60. The van der Waals surface area contributed by atoms with Crippen molar-refractivity contribution in [1.29, 1.82) is 0 Å². The topological polar surface area (TPSA) is 50.2 Å². The van der Waals surface area contributed by atoms with Crippen LogP contribution in [0.25, 0.3) is 11.1 Å². The number of hydrogen-bond donors (Lipinski definition) is 1. The minimum absolute atomic E-state index is 0.0263. The maximum Gasteiger partial charge on any atom is 0.321 e. The van der Waals surface area contributed by atoms with Crippen molar-refractivity contribution in [1.82, 2.24) is 14.5 Å². The minimum atomic E-state index is -0.0263. The van der Waals surface area contributed by atoms with E-state index in [1.807, 2.05) is 59.9 Å². The van der Waals surface area contributed by atoms with Crippen molar-refractivity contribution < 1.29 is 4.79 Å². The van der Waals surface area contributed by atoms with Crippen LogP contribution >= 0.6 is 0 Å². The molecule has 3 aromatic rings. The fourth-order valence-electron chi connectivity index (χ4n) is 3.43. The van der Waals surface area contributed by atoms with Gasteiger partial charge in [0.1, 0.15) is 0 Å². The molecule has 4 rings (SSSR count). The average Bonchev–Trinajstić information content (AvgIpc) is 3.24. The van der Waals surface area contributed by atoms with Crippen molar-refractivity contribution in [2.24, 2.45) is 0 Å². The molecule has 1 aliphatic heterocycles. The largest absolute Gasteiger partial charge is 0.334 e. The van der Waals surface area contributed by atoms with Crippen molar-refractivity contribution in [3.05, 3.63) is 73.3 Å². The van der Waals surface area contributed by atoms with Crippen molar-refractivity contribution in [3.63, 3.8) is 0 Å². The lowest BCUT2D eigenvalue weighted by molar-refractivity contribution is 0.183. The van der Waals surface area contributed by atoms with Crippen LogP contribution in [0.3, 0.4) is 0 Å². The molecule has 2 heterocycles. The van der Waals surface area contributed by atoms with Crippen LogP contribution in [-0.2, 0) is 0 Å². The smallest absolute Gasteiger partial charge is 0.321 e. The van der Waals surface area contributed by atoms with E-state index in [-0.39, 0.29) is 6.03 Å². The Morgan fingerprint density at radius 1 is 0.962 bits per heavy atom. The monoisotopic (exact) mass is 346 g/mol. The fourth-order valence-corrected chi connectivity index (χ4v) is 3.43. The summed E-state index contributed by atoms with van der Waals surface area (Å²) in [6, 6.07) is 18.6. The Bertz CT molecular complexity index is 835. The van der Waals surface area contributed by atoms with Gasteiger partial charge in [-0.2, -0.15) is 0 Å². The fraction of sp³-hybridized carbons (Fsp3) is 0.238. The Morgan fingerprint density at radius 2 is 1.65 bits per heavy atom. The molecule has 132 valence electrons. The maximum atomic E-state index is 12.5. The van der Waals surface area contributed by atoms with Gasteiger partial charge in [-0.15, -0.1) is 0 Å².